The van der Waals surface area contributed by atoms with Crippen LogP contribution in [0.4, 0.5) is 41.0 Å². The first-order valence-corrected chi connectivity index (χ1v) is 9.62. The van der Waals surface area contributed by atoms with Crippen LogP contribution in [-0.2, 0) is 0 Å². The van der Waals surface area contributed by atoms with Crippen molar-refractivity contribution in [2.24, 2.45) is 0 Å². The van der Waals surface area contributed by atoms with Crippen molar-refractivity contribution < 1.29 is 22.7 Å². The quantitative estimate of drug-likeness (QED) is 0.297. The highest BCUT2D eigenvalue weighted by Crippen LogP contribution is 2.24. The summed E-state index contributed by atoms with van der Waals surface area (Å²) < 4.78 is 40.5. The van der Waals surface area contributed by atoms with Crippen LogP contribution >= 0.6 is 0 Å². The summed E-state index contributed by atoms with van der Waals surface area (Å²) in [5.41, 5.74) is 2.99. The molecule has 0 radical (unpaired) electrons. The van der Waals surface area contributed by atoms with Crippen LogP contribution < -0.4 is 20.7 Å². The molecule has 0 bridgehead atoms. The standard InChI is InChI=1S/C22H17F3N6O2/c23-22(24,25)33-17-8-6-14(7-9-17)29-21(32)30-16-4-1-3-15(13-16)28-20-27-12-10-19(31-20)18-5-2-11-26-18/h1-13,26H,(H,27,28,31)(H2,29,30,32). The van der Waals surface area contributed by atoms with Crippen LogP contribution in [0, 0.1) is 0 Å². The van der Waals surface area contributed by atoms with Gasteiger partial charge < -0.3 is 25.7 Å². The van der Waals surface area contributed by atoms with E-state index in [-0.39, 0.29) is 5.75 Å². The zero-order chi connectivity index (χ0) is 23.3. The van der Waals surface area contributed by atoms with Gasteiger partial charge in [0.2, 0.25) is 5.95 Å². The predicted octanol–water partition coefficient (Wildman–Crippen LogP) is 5.76. The highest BCUT2D eigenvalue weighted by molar-refractivity contribution is 6.00. The lowest BCUT2D eigenvalue weighted by atomic mass is 10.2. The minimum Gasteiger partial charge on any atom is -0.406 e. The Hall–Kier alpha value is -4.54. The number of urea groups is 1. The molecule has 8 nitrogen and oxygen atoms in total. The Morgan fingerprint density at radius 2 is 1.67 bits per heavy atom. The van der Waals surface area contributed by atoms with Crippen molar-refractivity contribution in [2.45, 2.75) is 6.36 Å². The molecule has 33 heavy (non-hydrogen) atoms. The van der Waals surface area contributed by atoms with Gasteiger partial charge in [0, 0.05) is 29.5 Å². The average molecular weight is 454 g/mol. The predicted molar refractivity (Wildman–Crippen MR) is 117 cm³/mol. The van der Waals surface area contributed by atoms with Crippen LogP contribution in [-0.4, -0.2) is 27.3 Å². The Bertz CT molecular complexity index is 1230. The van der Waals surface area contributed by atoms with E-state index in [1.165, 1.54) is 12.1 Å². The van der Waals surface area contributed by atoms with Gasteiger partial charge in [0.1, 0.15) is 5.75 Å². The number of rotatable bonds is 6. The molecular weight excluding hydrogens is 437 g/mol. The number of alkyl halides is 3. The van der Waals surface area contributed by atoms with Gasteiger partial charge >= 0.3 is 12.4 Å². The first kappa shape index (κ1) is 21.7. The van der Waals surface area contributed by atoms with Gasteiger partial charge in [0.05, 0.1) is 11.4 Å². The van der Waals surface area contributed by atoms with E-state index < -0.39 is 12.4 Å². The number of ether oxygens (including phenoxy) is 1. The summed E-state index contributed by atoms with van der Waals surface area (Å²) in [6, 6.07) is 16.7. The number of hydrogen-bond donors (Lipinski definition) is 4. The third kappa shape index (κ3) is 6.23. The number of amides is 2. The van der Waals surface area contributed by atoms with Crippen molar-refractivity contribution in [3.05, 3.63) is 79.1 Å². The van der Waals surface area contributed by atoms with Gasteiger partial charge in [-0.15, -0.1) is 13.2 Å². The lowest BCUT2D eigenvalue weighted by Gasteiger charge is -2.11. The van der Waals surface area contributed by atoms with Gasteiger partial charge in [-0.05, 0) is 60.7 Å². The molecule has 11 heteroatoms. The maximum atomic E-state index is 12.3. The molecular formula is C22H17F3N6O2. The maximum Gasteiger partial charge on any atom is 0.573 e. The van der Waals surface area contributed by atoms with E-state index in [2.05, 4.69) is 35.6 Å². The number of aromatic nitrogens is 3. The molecule has 4 aromatic rings. The average Bonchev–Trinajstić information content (AvgIpc) is 3.30. The largest absolute Gasteiger partial charge is 0.573 e. The summed E-state index contributed by atoms with van der Waals surface area (Å²) in [5.74, 6) is -0.000319. The van der Waals surface area contributed by atoms with E-state index in [0.29, 0.717) is 23.0 Å². The van der Waals surface area contributed by atoms with Crippen LogP contribution in [0.25, 0.3) is 11.4 Å². The Labute approximate surface area is 185 Å². The molecule has 4 rings (SSSR count). The number of nitrogens with one attached hydrogen (secondary N) is 4. The molecule has 2 aromatic heterocycles. The molecule has 2 aromatic carbocycles. The van der Waals surface area contributed by atoms with Crippen LogP contribution in [0.15, 0.2) is 79.1 Å². The number of nitrogens with zero attached hydrogens (tertiary/aromatic N) is 2. The highest BCUT2D eigenvalue weighted by atomic mass is 19.4. The summed E-state index contributed by atoms with van der Waals surface area (Å²) in [5, 5.41) is 8.27. The molecule has 0 saturated heterocycles. The maximum absolute atomic E-state index is 12.3. The normalized spacial score (nSPS) is 11.0. The molecule has 0 aliphatic heterocycles. The molecule has 0 saturated carbocycles. The van der Waals surface area contributed by atoms with Crippen molar-refractivity contribution in [3.8, 4) is 17.1 Å². The summed E-state index contributed by atoms with van der Waals surface area (Å²) in [6.07, 6.45) is -1.35. The number of hydrogen-bond acceptors (Lipinski definition) is 5. The monoisotopic (exact) mass is 454 g/mol. The van der Waals surface area contributed by atoms with Gasteiger partial charge in [0.15, 0.2) is 0 Å². The number of benzene rings is 2. The van der Waals surface area contributed by atoms with E-state index in [9.17, 15) is 18.0 Å². The number of aromatic amines is 1. The molecule has 0 spiro atoms. The second kappa shape index (κ2) is 9.30. The van der Waals surface area contributed by atoms with Gasteiger partial charge in [-0.3, -0.25) is 0 Å². The fourth-order valence-electron chi connectivity index (χ4n) is 2.90. The van der Waals surface area contributed by atoms with Crippen LogP contribution in [0.2, 0.25) is 0 Å². The fraction of sp³-hybridized carbons (Fsp3) is 0.0455. The Balaban J connectivity index is 1.37. The molecule has 0 unspecified atom stereocenters. The van der Waals surface area contributed by atoms with E-state index in [0.717, 1.165) is 23.5 Å². The summed E-state index contributed by atoms with van der Waals surface area (Å²) in [7, 11) is 0. The Morgan fingerprint density at radius 1 is 0.909 bits per heavy atom. The fourth-order valence-corrected chi connectivity index (χ4v) is 2.90. The SMILES string of the molecule is O=C(Nc1ccc(OC(F)(F)F)cc1)Nc1cccc(Nc2nccc(-c3ccc[nH]3)n2)c1. The lowest BCUT2D eigenvalue weighted by molar-refractivity contribution is -0.274. The van der Waals surface area contributed by atoms with E-state index in [1.807, 2.05) is 12.1 Å². The molecule has 4 N–H and O–H groups in total. The zero-order valence-electron chi connectivity index (χ0n) is 16.9. The number of halogens is 3. The second-order valence-electron chi connectivity index (χ2n) is 6.71. The second-order valence-corrected chi connectivity index (χ2v) is 6.71. The molecule has 2 amide bonds. The Morgan fingerprint density at radius 3 is 2.39 bits per heavy atom. The molecule has 0 fully saturated rings. The lowest BCUT2D eigenvalue weighted by Crippen LogP contribution is -2.19. The van der Waals surface area contributed by atoms with Gasteiger partial charge in [-0.25, -0.2) is 14.8 Å². The van der Waals surface area contributed by atoms with Gasteiger partial charge in [-0.1, -0.05) is 6.07 Å². The third-order valence-electron chi connectivity index (χ3n) is 4.25. The Kier molecular flexibility index (Phi) is 6.11. The molecule has 0 atom stereocenters. The molecule has 168 valence electrons. The van der Waals surface area contributed by atoms with Gasteiger partial charge in [0.25, 0.3) is 0 Å². The first-order valence-electron chi connectivity index (χ1n) is 9.62. The minimum absolute atomic E-state index is 0.297. The van der Waals surface area contributed by atoms with Gasteiger partial charge in [-0.2, -0.15) is 0 Å². The summed E-state index contributed by atoms with van der Waals surface area (Å²) in [6.45, 7) is 0. The molecule has 2 heterocycles. The number of anilines is 4. The van der Waals surface area contributed by atoms with Crippen LogP contribution in [0.5, 0.6) is 5.75 Å². The van der Waals surface area contributed by atoms with E-state index in [4.69, 9.17) is 0 Å². The highest BCUT2D eigenvalue weighted by Gasteiger charge is 2.30. The van der Waals surface area contributed by atoms with Crippen molar-refractivity contribution >= 4 is 29.0 Å². The molecule has 0 aliphatic rings. The number of carbonyl (C=O) groups is 1. The topological polar surface area (TPSA) is 104 Å². The number of H-pyrrole nitrogens is 1. The van der Waals surface area contributed by atoms with Crippen molar-refractivity contribution in [2.75, 3.05) is 16.0 Å². The third-order valence-corrected chi connectivity index (χ3v) is 4.25. The molecule has 0 aliphatic carbocycles. The van der Waals surface area contributed by atoms with Crippen molar-refractivity contribution in [3.63, 3.8) is 0 Å². The van der Waals surface area contributed by atoms with E-state index in [1.54, 1.807) is 42.7 Å². The zero-order valence-corrected chi connectivity index (χ0v) is 16.9. The summed E-state index contributed by atoms with van der Waals surface area (Å²) >= 11 is 0. The van der Waals surface area contributed by atoms with Crippen LogP contribution in [0.3, 0.4) is 0 Å². The summed E-state index contributed by atoms with van der Waals surface area (Å²) in [4.78, 5) is 24.0. The number of carbonyl (C=O) groups excluding carboxylic acids is 1. The van der Waals surface area contributed by atoms with Crippen molar-refractivity contribution in [1.82, 2.24) is 15.0 Å². The smallest absolute Gasteiger partial charge is 0.406 e. The van der Waals surface area contributed by atoms with Crippen LogP contribution in [0.1, 0.15) is 0 Å². The van der Waals surface area contributed by atoms with Crippen molar-refractivity contribution in [1.29, 1.82) is 0 Å². The van der Waals surface area contributed by atoms with E-state index >= 15 is 0 Å². The first-order chi connectivity index (χ1) is 15.8. The minimum atomic E-state index is -4.78.